The van der Waals surface area contributed by atoms with E-state index in [9.17, 15) is 0 Å². The van der Waals surface area contributed by atoms with E-state index in [0.717, 1.165) is 12.1 Å². The minimum Gasteiger partial charge on any atom is -0.481 e. The van der Waals surface area contributed by atoms with Crippen LogP contribution in [-0.2, 0) is 0 Å². The molecule has 0 saturated carbocycles. The van der Waals surface area contributed by atoms with Gasteiger partial charge >= 0.3 is 0 Å². The van der Waals surface area contributed by atoms with E-state index in [1.807, 2.05) is 13.1 Å². The first kappa shape index (κ1) is 17.9. The highest BCUT2D eigenvalue weighted by Crippen LogP contribution is 2.20. The van der Waals surface area contributed by atoms with Crippen LogP contribution in [-0.4, -0.2) is 24.1 Å². The van der Waals surface area contributed by atoms with Crippen LogP contribution >= 0.6 is 0 Å². The van der Waals surface area contributed by atoms with Crippen molar-refractivity contribution < 1.29 is 4.74 Å². The van der Waals surface area contributed by atoms with Gasteiger partial charge in [0.05, 0.1) is 12.8 Å². The van der Waals surface area contributed by atoms with Crippen molar-refractivity contribution in [2.75, 3.05) is 14.2 Å². The van der Waals surface area contributed by atoms with E-state index in [4.69, 9.17) is 4.74 Å². The normalized spacial score (nSPS) is 12.3. The van der Waals surface area contributed by atoms with Crippen molar-refractivity contribution >= 4 is 0 Å². The second kappa shape index (κ2) is 11.5. The van der Waals surface area contributed by atoms with E-state index >= 15 is 0 Å². The highest BCUT2D eigenvalue weighted by Gasteiger charge is 2.11. The van der Waals surface area contributed by atoms with Crippen molar-refractivity contribution in [3.05, 3.63) is 18.1 Å². The number of hydrogen-bond donors (Lipinski definition) is 1. The van der Waals surface area contributed by atoms with Crippen LogP contribution in [0.15, 0.2) is 12.4 Å². The monoisotopic (exact) mass is 293 g/mol. The zero-order chi connectivity index (χ0) is 15.3. The molecule has 4 heteroatoms. The van der Waals surface area contributed by atoms with E-state index in [1.165, 1.54) is 51.4 Å². The first-order valence-electron chi connectivity index (χ1n) is 8.35. The third kappa shape index (κ3) is 7.42. The molecule has 1 rings (SSSR count). The average Bonchev–Trinajstić information content (AvgIpc) is 2.53. The van der Waals surface area contributed by atoms with Crippen LogP contribution in [0.2, 0.25) is 0 Å². The Labute approximate surface area is 129 Å². The highest BCUT2D eigenvalue weighted by molar-refractivity contribution is 5.16. The summed E-state index contributed by atoms with van der Waals surface area (Å²) >= 11 is 0. The Morgan fingerprint density at radius 3 is 2.33 bits per heavy atom. The number of ether oxygens (including phenoxy) is 1. The van der Waals surface area contributed by atoms with Crippen molar-refractivity contribution in [2.24, 2.45) is 0 Å². The van der Waals surface area contributed by atoms with Gasteiger partial charge in [0.1, 0.15) is 6.33 Å². The fourth-order valence-electron chi connectivity index (χ4n) is 2.58. The molecule has 1 atom stereocenters. The summed E-state index contributed by atoms with van der Waals surface area (Å²) in [5.74, 6) is 0.635. The van der Waals surface area contributed by atoms with Crippen molar-refractivity contribution in [2.45, 2.75) is 70.8 Å². The Bertz CT molecular complexity index is 371. The lowest BCUT2D eigenvalue weighted by Gasteiger charge is -2.15. The summed E-state index contributed by atoms with van der Waals surface area (Å²) in [6.45, 7) is 2.26. The van der Waals surface area contributed by atoms with Crippen LogP contribution in [0.5, 0.6) is 5.88 Å². The Morgan fingerprint density at radius 2 is 1.71 bits per heavy atom. The van der Waals surface area contributed by atoms with Crippen molar-refractivity contribution in [3.63, 3.8) is 0 Å². The molecule has 1 aromatic rings. The van der Waals surface area contributed by atoms with E-state index < -0.39 is 0 Å². The van der Waals surface area contributed by atoms with Gasteiger partial charge in [0, 0.05) is 12.1 Å². The largest absolute Gasteiger partial charge is 0.481 e. The summed E-state index contributed by atoms with van der Waals surface area (Å²) in [6, 6.07) is 2.22. The standard InChI is InChI=1S/C17H31N3O/c1-4-5-6-7-8-9-10-11-12-15(18-2)16-13-17(21-3)20-14-19-16/h13-15,18H,4-12H2,1-3H3. The van der Waals surface area contributed by atoms with Gasteiger partial charge < -0.3 is 10.1 Å². The minimum atomic E-state index is 0.294. The first-order chi connectivity index (χ1) is 10.3. The molecule has 0 aliphatic carbocycles. The zero-order valence-electron chi connectivity index (χ0n) is 13.9. The molecule has 0 aliphatic heterocycles. The van der Waals surface area contributed by atoms with Gasteiger partial charge in [0.25, 0.3) is 0 Å². The first-order valence-corrected chi connectivity index (χ1v) is 8.35. The molecule has 1 N–H and O–H groups in total. The molecule has 0 amide bonds. The quantitative estimate of drug-likeness (QED) is 0.584. The van der Waals surface area contributed by atoms with E-state index in [2.05, 4.69) is 22.2 Å². The Hall–Kier alpha value is -1.16. The van der Waals surface area contributed by atoms with Crippen molar-refractivity contribution in [1.82, 2.24) is 15.3 Å². The lowest BCUT2D eigenvalue weighted by atomic mass is 10.0. The summed E-state index contributed by atoms with van der Waals surface area (Å²) in [5, 5.41) is 3.34. The van der Waals surface area contributed by atoms with Gasteiger partial charge in [-0.25, -0.2) is 9.97 Å². The smallest absolute Gasteiger partial charge is 0.216 e. The number of unbranched alkanes of at least 4 members (excludes halogenated alkanes) is 7. The zero-order valence-corrected chi connectivity index (χ0v) is 13.9. The molecule has 0 aromatic carbocycles. The van der Waals surface area contributed by atoms with Gasteiger partial charge in [-0.1, -0.05) is 58.3 Å². The van der Waals surface area contributed by atoms with Gasteiger partial charge in [0.15, 0.2) is 0 Å². The molecule has 0 saturated heterocycles. The molecule has 1 unspecified atom stereocenters. The minimum absolute atomic E-state index is 0.294. The van der Waals surface area contributed by atoms with E-state index in [1.54, 1.807) is 13.4 Å². The lowest BCUT2D eigenvalue weighted by Crippen LogP contribution is -2.17. The molecule has 0 spiro atoms. The fraction of sp³-hybridized carbons (Fsp3) is 0.765. The summed E-state index contributed by atoms with van der Waals surface area (Å²) < 4.78 is 5.16. The molecule has 0 radical (unpaired) electrons. The average molecular weight is 293 g/mol. The molecule has 4 nitrogen and oxygen atoms in total. The maximum Gasteiger partial charge on any atom is 0.216 e. The van der Waals surface area contributed by atoms with E-state index in [0.29, 0.717) is 11.9 Å². The topological polar surface area (TPSA) is 47.0 Å². The number of rotatable bonds is 12. The molecule has 21 heavy (non-hydrogen) atoms. The van der Waals surface area contributed by atoms with Gasteiger partial charge in [-0.3, -0.25) is 0 Å². The maximum atomic E-state index is 5.16. The SMILES string of the molecule is CCCCCCCCCCC(NC)c1cc(OC)ncn1. The fourth-order valence-corrected chi connectivity index (χ4v) is 2.58. The predicted octanol–water partition coefficient (Wildman–Crippen LogP) is 4.28. The summed E-state index contributed by atoms with van der Waals surface area (Å²) in [5.41, 5.74) is 1.02. The summed E-state index contributed by atoms with van der Waals surface area (Å²) in [7, 11) is 3.63. The Balaban J connectivity index is 2.22. The van der Waals surface area contributed by atoms with Crippen molar-refractivity contribution in [1.29, 1.82) is 0 Å². The van der Waals surface area contributed by atoms with Crippen LogP contribution in [0.3, 0.4) is 0 Å². The van der Waals surface area contributed by atoms with Crippen LogP contribution < -0.4 is 10.1 Å². The number of nitrogens with zero attached hydrogens (tertiary/aromatic N) is 2. The third-order valence-corrected chi connectivity index (χ3v) is 3.92. The van der Waals surface area contributed by atoms with Gasteiger partial charge in [0.2, 0.25) is 5.88 Å². The number of aromatic nitrogens is 2. The molecular weight excluding hydrogens is 262 g/mol. The second-order valence-corrected chi connectivity index (χ2v) is 5.59. The van der Waals surface area contributed by atoms with Crippen LogP contribution in [0.25, 0.3) is 0 Å². The molecule has 0 bridgehead atoms. The van der Waals surface area contributed by atoms with E-state index in [-0.39, 0.29) is 0 Å². The Morgan fingerprint density at radius 1 is 1.05 bits per heavy atom. The predicted molar refractivity (Wildman–Crippen MR) is 87.6 cm³/mol. The lowest BCUT2D eigenvalue weighted by molar-refractivity contribution is 0.393. The molecular formula is C17H31N3O. The molecule has 0 aliphatic rings. The summed E-state index contributed by atoms with van der Waals surface area (Å²) in [6.07, 6.45) is 13.5. The number of methoxy groups -OCH3 is 1. The molecule has 0 fully saturated rings. The summed E-state index contributed by atoms with van der Waals surface area (Å²) in [4.78, 5) is 8.41. The molecule has 1 aromatic heterocycles. The van der Waals surface area contributed by atoms with Gasteiger partial charge in [-0.15, -0.1) is 0 Å². The van der Waals surface area contributed by atoms with Crippen LogP contribution in [0.4, 0.5) is 0 Å². The van der Waals surface area contributed by atoms with Gasteiger partial charge in [-0.05, 0) is 13.5 Å². The second-order valence-electron chi connectivity index (χ2n) is 5.59. The molecule has 120 valence electrons. The third-order valence-electron chi connectivity index (χ3n) is 3.92. The number of hydrogen-bond acceptors (Lipinski definition) is 4. The Kier molecular flexibility index (Phi) is 9.79. The number of nitrogens with one attached hydrogen (secondary N) is 1. The van der Waals surface area contributed by atoms with Gasteiger partial charge in [-0.2, -0.15) is 0 Å². The highest BCUT2D eigenvalue weighted by atomic mass is 16.5. The maximum absolute atomic E-state index is 5.16. The molecule has 1 heterocycles. The van der Waals surface area contributed by atoms with Crippen LogP contribution in [0.1, 0.15) is 76.4 Å². The van der Waals surface area contributed by atoms with Crippen molar-refractivity contribution in [3.8, 4) is 5.88 Å². The van der Waals surface area contributed by atoms with Crippen LogP contribution in [0, 0.1) is 0 Å².